The van der Waals surface area contributed by atoms with Crippen molar-refractivity contribution in [3.63, 3.8) is 0 Å². The van der Waals surface area contributed by atoms with Gasteiger partial charge in [0.1, 0.15) is 0 Å². The van der Waals surface area contributed by atoms with E-state index in [-0.39, 0.29) is 6.04 Å². The maximum Gasteiger partial charge on any atom is 0.0710 e. The molecule has 2 nitrogen and oxygen atoms in total. The summed E-state index contributed by atoms with van der Waals surface area (Å²) in [6.45, 7) is 2.06. The monoisotopic (exact) mass is 324 g/mol. The van der Waals surface area contributed by atoms with Crippen LogP contribution in [0.1, 0.15) is 22.7 Å². The predicted octanol–water partition coefficient (Wildman–Crippen LogP) is 3.96. The van der Waals surface area contributed by atoms with Crippen molar-refractivity contribution in [2.45, 2.75) is 13.0 Å². The van der Waals surface area contributed by atoms with Gasteiger partial charge in [-0.05, 0) is 41.8 Å². The Morgan fingerprint density at radius 2 is 1.72 bits per heavy atom. The highest BCUT2D eigenvalue weighted by Gasteiger charge is 2.13. The summed E-state index contributed by atoms with van der Waals surface area (Å²) in [7, 11) is 0. The van der Waals surface area contributed by atoms with E-state index in [1.54, 1.807) is 0 Å². The molecule has 2 rings (SSSR count). The average Bonchev–Trinajstić information content (AvgIpc) is 2.37. The molecule has 0 heterocycles. The summed E-state index contributed by atoms with van der Waals surface area (Å²) in [6, 6.07) is 13.8. The summed E-state index contributed by atoms with van der Waals surface area (Å²) in [4.78, 5) is 0. The Hall–Kier alpha value is -0.870. The minimum Gasteiger partial charge on any atom is -0.271 e. The number of hydrogen-bond donors (Lipinski definition) is 2. The van der Waals surface area contributed by atoms with Crippen LogP contribution in [0.2, 0.25) is 5.02 Å². The largest absolute Gasteiger partial charge is 0.271 e. The van der Waals surface area contributed by atoms with Crippen molar-refractivity contribution in [1.82, 2.24) is 5.43 Å². The van der Waals surface area contributed by atoms with E-state index in [9.17, 15) is 0 Å². The molecule has 3 N–H and O–H groups in total. The molecule has 0 aromatic heterocycles. The Kier molecular flexibility index (Phi) is 4.40. The van der Waals surface area contributed by atoms with Crippen LogP contribution in [-0.2, 0) is 0 Å². The van der Waals surface area contributed by atoms with E-state index < -0.39 is 0 Å². The van der Waals surface area contributed by atoms with Crippen LogP contribution in [0.15, 0.2) is 46.9 Å². The van der Waals surface area contributed by atoms with Crippen molar-refractivity contribution in [3.05, 3.63) is 68.7 Å². The van der Waals surface area contributed by atoms with Crippen molar-refractivity contribution < 1.29 is 0 Å². The molecule has 0 aliphatic carbocycles. The number of benzene rings is 2. The third-order valence-corrected chi connectivity index (χ3v) is 4.01. The summed E-state index contributed by atoms with van der Waals surface area (Å²) in [6.07, 6.45) is 0. The van der Waals surface area contributed by atoms with Gasteiger partial charge in [0.15, 0.2) is 0 Å². The maximum atomic E-state index is 5.89. The van der Waals surface area contributed by atoms with Crippen LogP contribution < -0.4 is 11.3 Å². The summed E-state index contributed by atoms with van der Waals surface area (Å²) in [5.41, 5.74) is 6.23. The zero-order valence-electron chi connectivity index (χ0n) is 9.95. The Balaban J connectivity index is 2.38. The van der Waals surface area contributed by atoms with Crippen LogP contribution in [0.25, 0.3) is 0 Å². The summed E-state index contributed by atoms with van der Waals surface area (Å²) < 4.78 is 1.08. The number of hydrazine groups is 1. The normalized spacial score (nSPS) is 12.4. The minimum atomic E-state index is -0.0424. The molecule has 0 aliphatic heterocycles. The van der Waals surface area contributed by atoms with Gasteiger partial charge < -0.3 is 0 Å². The first kappa shape index (κ1) is 13.6. The van der Waals surface area contributed by atoms with Crippen molar-refractivity contribution in [3.8, 4) is 0 Å². The zero-order valence-corrected chi connectivity index (χ0v) is 12.3. The number of nitrogens with one attached hydrogen (secondary N) is 1. The number of aryl methyl sites for hydroxylation is 1. The lowest BCUT2D eigenvalue weighted by atomic mass is 9.98. The molecule has 1 atom stereocenters. The van der Waals surface area contributed by atoms with Gasteiger partial charge in [-0.2, -0.15) is 0 Å². The van der Waals surface area contributed by atoms with Crippen molar-refractivity contribution in [2.75, 3.05) is 0 Å². The second-order valence-corrected chi connectivity index (χ2v) is 5.45. The topological polar surface area (TPSA) is 38.0 Å². The highest BCUT2D eigenvalue weighted by Crippen LogP contribution is 2.26. The van der Waals surface area contributed by atoms with Crippen LogP contribution in [-0.4, -0.2) is 0 Å². The van der Waals surface area contributed by atoms with Gasteiger partial charge in [0.2, 0.25) is 0 Å². The quantitative estimate of drug-likeness (QED) is 0.662. The van der Waals surface area contributed by atoms with E-state index in [2.05, 4.69) is 46.5 Å². The average molecular weight is 326 g/mol. The first-order chi connectivity index (χ1) is 8.61. The third-order valence-electron chi connectivity index (χ3n) is 2.90. The first-order valence-corrected chi connectivity index (χ1v) is 6.76. The van der Waals surface area contributed by atoms with Gasteiger partial charge in [0, 0.05) is 9.50 Å². The molecule has 1 unspecified atom stereocenters. The predicted molar refractivity (Wildman–Crippen MR) is 79.5 cm³/mol. The second kappa shape index (κ2) is 5.85. The van der Waals surface area contributed by atoms with E-state index in [0.717, 1.165) is 20.6 Å². The molecular weight excluding hydrogens is 312 g/mol. The summed E-state index contributed by atoms with van der Waals surface area (Å²) >= 11 is 9.43. The van der Waals surface area contributed by atoms with Gasteiger partial charge in [-0.3, -0.25) is 5.84 Å². The third kappa shape index (κ3) is 2.93. The zero-order chi connectivity index (χ0) is 13.1. The Labute approximate surface area is 120 Å². The summed E-state index contributed by atoms with van der Waals surface area (Å²) in [5, 5.41) is 0.722. The lowest BCUT2D eigenvalue weighted by Gasteiger charge is -2.17. The molecule has 0 radical (unpaired) electrons. The van der Waals surface area contributed by atoms with Crippen LogP contribution >= 0.6 is 27.5 Å². The summed E-state index contributed by atoms with van der Waals surface area (Å²) in [5.74, 6) is 5.66. The van der Waals surface area contributed by atoms with E-state index in [4.69, 9.17) is 17.4 Å². The van der Waals surface area contributed by atoms with Gasteiger partial charge in [-0.15, -0.1) is 0 Å². The van der Waals surface area contributed by atoms with Crippen molar-refractivity contribution in [2.24, 2.45) is 5.84 Å². The van der Waals surface area contributed by atoms with Gasteiger partial charge in [0.25, 0.3) is 0 Å². The minimum absolute atomic E-state index is 0.0424. The molecule has 2 aromatic rings. The van der Waals surface area contributed by atoms with Crippen LogP contribution in [0.4, 0.5) is 0 Å². The molecule has 0 fully saturated rings. The lowest BCUT2D eigenvalue weighted by molar-refractivity contribution is 0.636. The van der Waals surface area contributed by atoms with Crippen molar-refractivity contribution >= 4 is 27.5 Å². The lowest BCUT2D eigenvalue weighted by Crippen LogP contribution is -2.28. The fourth-order valence-corrected chi connectivity index (χ4v) is 2.35. The van der Waals surface area contributed by atoms with E-state index in [0.29, 0.717) is 0 Å². The van der Waals surface area contributed by atoms with Gasteiger partial charge in [0.05, 0.1) is 6.04 Å². The van der Waals surface area contributed by atoms with E-state index >= 15 is 0 Å². The fourth-order valence-electron chi connectivity index (χ4n) is 1.83. The van der Waals surface area contributed by atoms with E-state index in [1.165, 1.54) is 5.56 Å². The fraction of sp³-hybridized carbons (Fsp3) is 0.143. The molecule has 2 aromatic carbocycles. The van der Waals surface area contributed by atoms with Gasteiger partial charge in [-0.1, -0.05) is 51.8 Å². The molecular formula is C14H14BrClN2. The molecule has 94 valence electrons. The molecule has 4 heteroatoms. The second-order valence-electron chi connectivity index (χ2n) is 4.16. The highest BCUT2D eigenvalue weighted by molar-refractivity contribution is 9.10. The molecule has 0 amide bonds. The Bertz CT molecular complexity index is 540. The van der Waals surface area contributed by atoms with Gasteiger partial charge in [-0.25, -0.2) is 5.43 Å². The number of halogens is 2. The smallest absolute Gasteiger partial charge is 0.0710 e. The SMILES string of the molecule is Cc1ccc(C(NN)c2ccc(Cl)cc2)cc1Br. The highest BCUT2D eigenvalue weighted by atomic mass is 79.9. The van der Waals surface area contributed by atoms with Crippen molar-refractivity contribution in [1.29, 1.82) is 0 Å². The maximum absolute atomic E-state index is 5.89. The molecule has 0 aliphatic rings. The first-order valence-electron chi connectivity index (χ1n) is 5.59. The van der Waals surface area contributed by atoms with Crippen LogP contribution in [0, 0.1) is 6.92 Å². The van der Waals surface area contributed by atoms with Crippen LogP contribution in [0.3, 0.4) is 0 Å². The van der Waals surface area contributed by atoms with E-state index in [1.807, 2.05) is 24.3 Å². The molecule has 0 bridgehead atoms. The Morgan fingerprint density at radius 1 is 1.11 bits per heavy atom. The number of nitrogens with two attached hydrogens (primary N) is 1. The Morgan fingerprint density at radius 3 is 2.28 bits per heavy atom. The molecule has 0 spiro atoms. The molecule has 0 saturated heterocycles. The van der Waals surface area contributed by atoms with Gasteiger partial charge >= 0.3 is 0 Å². The number of hydrogen-bond acceptors (Lipinski definition) is 2. The number of rotatable bonds is 3. The molecule has 18 heavy (non-hydrogen) atoms. The molecule has 0 saturated carbocycles. The van der Waals surface area contributed by atoms with Crippen LogP contribution in [0.5, 0.6) is 0 Å². The standard InChI is InChI=1S/C14H14BrClN2/c1-9-2-3-11(8-13(9)15)14(18-17)10-4-6-12(16)7-5-10/h2-8,14,18H,17H2,1H3.